The van der Waals surface area contributed by atoms with Crippen LogP contribution in [0.2, 0.25) is 0 Å². The van der Waals surface area contributed by atoms with Crippen molar-refractivity contribution in [1.29, 1.82) is 0 Å². The Labute approximate surface area is 185 Å². The molecule has 1 aliphatic heterocycles. The van der Waals surface area contributed by atoms with Gasteiger partial charge in [-0.05, 0) is 34.4 Å². The Balaban J connectivity index is 2.10. The van der Waals surface area contributed by atoms with Crippen molar-refractivity contribution in [3.05, 3.63) is 84.0 Å². The van der Waals surface area contributed by atoms with E-state index in [2.05, 4.69) is 26.3 Å². The van der Waals surface area contributed by atoms with Crippen LogP contribution in [0.5, 0.6) is 11.5 Å². The maximum Gasteiger partial charge on any atom is 0.123 e. The van der Waals surface area contributed by atoms with Crippen LogP contribution in [-0.2, 0) is 15.9 Å². The molecule has 1 aliphatic rings. The number of benzene rings is 2. The highest BCUT2D eigenvalue weighted by Crippen LogP contribution is 2.36. The molecule has 1 unspecified atom stereocenters. The average molecular weight is 419 g/mol. The van der Waals surface area contributed by atoms with E-state index in [1.54, 1.807) is 7.11 Å². The molecule has 162 valence electrons. The third-order valence-electron chi connectivity index (χ3n) is 5.27. The lowest BCUT2D eigenvalue weighted by atomic mass is 9.90. The van der Waals surface area contributed by atoms with E-state index in [4.69, 9.17) is 18.9 Å². The number of hydrogen-bond acceptors (Lipinski definition) is 4. The summed E-state index contributed by atoms with van der Waals surface area (Å²) in [5, 5.41) is 0. The van der Waals surface area contributed by atoms with Crippen LogP contribution < -0.4 is 9.47 Å². The van der Waals surface area contributed by atoms with Gasteiger partial charge in [0.2, 0.25) is 0 Å². The van der Waals surface area contributed by atoms with Crippen LogP contribution in [0.1, 0.15) is 33.4 Å². The van der Waals surface area contributed by atoms with Crippen molar-refractivity contribution in [2.45, 2.75) is 12.5 Å². The number of ether oxygens (including phenoxy) is 4. The van der Waals surface area contributed by atoms with Crippen molar-refractivity contribution in [3.8, 4) is 11.5 Å². The van der Waals surface area contributed by atoms with Gasteiger partial charge >= 0.3 is 0 Å². The summed E-state index contributed by atoms with van der Waals surface area (Å²) in [5.74, 6) is 1.59. The van der Waals surface area contributed by atoms with Crippen LogP contribution in [0.25, 0.3) is 24.3 Å². The van der Waals surface area contributed by atoms with Gasteiger partial charge in [0.1, 0.15) is 30.8 Å². The molecule has 2 aromatic carbocycles. The maximum atomic E-state index is 6.13. The zero-order valence-electron chi connectivity index (χ0n) is 18.2. The Morgan fingerprint density at radius 3 is 1.84 bits per heavy atom. The lowest BCUT2D eigenvalue weighted by Gasteiger charge is -2.20. The third kappa shape index (κ3) is 5.35. The van der Waals surface area contributed by atoms with Gasteiger partial charge in [0.25, 0.3) is 0 Å². The average Bonchev–Trinajstić information content (AvgIpc) is 3.62. The summed E-state index contributed by atoms with van der Waals surface area (Å²) in [5.41, 5.74) is 6.01. The smallest absolute Gasteiger partial charge is 0.123 e. The van der Waals surface area contributed by atoms with Crippen LogP contribution in [0.3, 0.4) is 0 Å². The highest BCUT2D eigenvalue weighted by Gasteiger charge is 2.24. The Bertz CT molecular complexity index is 970. The zero-order valence-corrected chi connectivity index (χ0v) is 18.2. The lowest BCUT2D eigenvalue weighted by molar-refractivity contribution is 0.146. The molecule has 0 saturated carbocycles. The largest absolute Gasteiger partial charge is 0.491 e. The van der Waals surface area contributed by atoms with Crippen LogP contribution in [0, 0.1) is 0 Å². The summed E-state index contributed by atoms with van der Waals surface area (Å²) in [7, 11) is 1.66. The number of epoxide rings is 1. The number of hydrogen-bond donors (Lipinski definition) is 0. The highest BCUT2D eigenvalue weighted by atomic mass is 16.6. The van der Waals surface area contributed by atoms with Crippen molar-refractivity contribution < 1.29 is 18.9 Å². The summed E-state index contributed by atoms with van der Waals surface area (Å²) < 4.78 is 22.7. The molecule has 4 nitrogen and oxygen atoms in total. The topological polar surface area (TPSA) is 40.2 Å². The minimum Gasteiger partial charge on any atom is -0.491 e. The second kappa shape index (κ2) is 10.8. The summed E-state index contributed by atoms with van der Waals surface area (Å²) in [6, 6.07) is 7.95. The van der Waals surface area contributed by atoms with Gasteiger partial charge in [0.05, 0.1) is 13.2 Å². The van der Waals surface area contributed by atoms with Crippen molar-refractivity contribution >= 4 is 24.3 Å². The third-order valence-corrected chi connectivity index (χ3v) is 5.27. The molecule has 0 spiro atoms. The molecule has 0 bridgehead atoms. The molecule has 0 N–H and O–H groups in total. The summed E-state index contributed by atoms with van der Waals surface area (Å²) in [6.07, 6.45) is 8.10. The van der Waals surface area contributed by atoms with E-state index in [0.717, 1.165) is 51.5 Å². The van der Waals surface area contributed by atoms with E-state index in [-0.39, 0.29) is 6.10 Å². The van der Waals surface area contributed by atoms with E-state index < -0.39 is 0 Å². The standard InChI is InChI=1S/C27H30O4/c1-6-19-10-12-26(29-15-14-28-5)24(22(19)8-3)16-25-23(9-4)20(7-2)11-13-27(25)31-18-21-17-30-21/h6-13,21H,1-4,14-18H2,5H3. The van der Waals surface area contributed by atoms with E-state index in [1.165, 1.54) is 0 Å². The van der Waals surface area contributed by atoms with Gasteiger partial charge in [0.15, 0.2) is 0 Å². The Morgan fingerprint density at radius 2 is 1.39 bits per heavy atom. The van der Waals surface area contributed by atoms with Gasteiger partial charge < -0.3 is 18.9 Å². The quantitative estimate of drug-likeness (QED) is 0.311. The van der Waals surface area contributed by atoms with Gasteiger partial charge in [0, 0.05) is 24.7 Å². The minimum atomic E-state index is 0.167. The fraction of sp³-hybridized carbons (Fsp3) is 0.259. The second-order valence-electron chi connectivity index (χ2n) is 7.19. The molecule has 4 heteroatoms. The van der Waals surface area contributed by atoms with Crippen molar-refractivity contribution in [1.82, 2.24) is 0 Å². The van der Waals surface area contributed by atoms with Crippen LogP contribution in [-0.4, -0.2) is 39.6 Å². The molecule has 0 aromatic heterocycles. The van der Waals surface area contributed by atoms with Gasteiger partial charge in [-0.1, -0.05) is 62.8 Å². The fourth-order valence-corrected chi connectivity index (χ4v) is 3.56. The SMILES string of the molecule is C=Cc1ccc(OCCOC)c(Cc2c(OCC3CO3)ccc(C=C)c2C=C)c1C=C. The molecule has 1 saturated heterocycles. The summed E-state index contributed by atoms with van der Waals surface area (Å²) >= 11 is 0. The van der Waals surface area contributed by atoms with Crippen LogP contribution >= 0.6 is 0 Å². The zero-order chi connectivity index (χ0) is 22.2. The molecule has 0 radical (unpaired) electrons. The summed E-state index contributed by atoms with van der Waals surface area (Å²) in [6.45, 7) is 18.2. The highest BCUT2D eigenvalue weighted by molar-refractivity contribution is 5.73. The van der Waals surface area contributed by atoms with Gasteiger partial charge in [-0.15, -0.1) is 0 Å². The van der Waals surface area contributed by atoms with E-state index in [9.17, 15) is 0 Å². The molecule has 31 heavy (non-hydrogen) atoms. The van der Waals surface area contributed by atoms with E-state index in [1.807, 2.05) is 48.6 Å². The molecule has 1 atom stereocenters. The van der Waals surface area contributed by atoms with Crippen LogP contribution in [0.15, 0.2) is 50.6 Å². The van der Waals surface area contributed by atoms with Gasteiger partial charge in [-0.2, -0.15) is 0 Å². The van der Waals surface area contributed by atoms with Gasteiger partial charge in [-0.3, -0.25) is 0 Å². The van der Waals surface area contributed by atoms with E-state index in [0.29, 0.717) is 26.2 Å². The molecule has 1 heterocycles. The second-order valence-corrected chi connectivity index (χ2v) is 7.19. The normalized spacial score (nSPS) is 14.5. The van der Waals surface area contributed by atoms with Crippen molar-refractivity contribution in [3.63, 3.8) is 0 Å². The monoisotopic (exact) mass is 418 g/mol. The minimum absolute atomic E-state index is 0.167. The Hall–Kier alpha value is -3.08. The van der Waals surface area contributed by atoms with Crippen LogP contribution in [0.4, 0.5) is 0 Å². The molecule has 1 fully saturated rings. The Kier molecular flexibility index (Phi) is 7.88. The molecule has 2 aromatic rings. The first-order valence-electron chi connectivity index (χ1n) is 10.3. The predicted octanol–water partition coefficient (Wildman–Crippen LogP) is 5.65. The predicted molar refractivity (Wildman–Crippen MR) is 129 cm³/mol. The number of rotatable bonds is 13. The van der Waals surface area contributed by atoms with E-state index >= 15 is 0 Å². The molecular weight excluding hydrogens is 388 g/mol. The fourth-order valence-electron chi connectivity index (χ4n) is 3.56. The summed E-state index contributed by atoms with van der Waals surface area (Å²) in [4.78, 5) is 0. The molecule has 0 amide bonds. The molecule has 0 aliphatic carbocycles. The van der Waals surface area contributed by atoms with Crippen molar-refractivity contribution in [2.24, 2.45) is 0 Å². The lowest BCUT2D eigenvalue weighted by Crippen LogP contribution is -2.10. The first-order chi connectivity index (χ1) is 15.2. The first-order valence-corrected chi connectivity index (χ1v) is 10.3. The number of methoxy groups -OCH3 is 1. The van der Waals surface area contributed by atoms with Crippen molar-refractivity contribution in [2.75, 3.05) is 33.5 Å². The first kappa shape index (κ1) is 22.6. The maximum absolute atomic E-state index is 6.13. The Morgan fingerprint density at radius 1 is 0.839 bits per heavy atom. The molecular formula is C27H30O4. The van der Waals surface area contributed by atoms with Gasteiger partial charge in [-0.25, -0.2) is 0 Å². The molecule has 3 rings (SSSR count).